The fourth-order valence-corrected chi connectivity index (χ4v) is 5.56. The summed E-state index contributed by atoms with van der Waals surface area (Å²) < 4.78 is 44.1. The number of fused-ring (bicyclic) bond motifs is 1. The van der Waals surface area contributed by atoms with E-state index in [2.05, 4.69) is 4.98 Å². The summed E-state index contributed by atoms with van der Waals surface area (Å²) >= 11 is 1.46. The van der Waals surface area contributed by atoms with Crippen molar-refractivity contribution in [3.8, 4) is 22.3 Å². The van der Waals surface area contributed by atoms with Crippen molar-refractivity contribution < 1.29 is 22.3 Å². The Morgan fingerprint density at radius 2 is 1.79 bits per heavy atom. The summed E-state index contributed by atoms with van der Waals surface area (Å²) in [5.74, 6) is 1.63. The van der Waals surface area contributed by atoms with Crippen LogP contribution in [0.4, 0.5) is 5.88 Å². The van der Waals surface area contributed by atoms with Crippen LogP contribution in [-0.2, 0) is 9.84 Å². The van der Waals surface area contributed by atoms with Gasteiger partial charge in [-0.05, 0) is 42.8 Å². The quantitative estimate of drug-likeness (QED) is 0.616. The fourth-order valence-electron chi connectivity index (χ4n) is 3.58. The van der Waals surface area contributed by atoms with Gasteiger partial charge >= 0.3 is 0 Å². The average molecular weight is 433 g/mol. The van der Waals surface area contributed by atoms with Crippen molar-refractivity contribution in [3.05, 3.63) is 35.7 Å². The Morgan fingerprint density at radius 3 is 2.55 bits per heavy atom. The van der Waals surface area contributed by atoms with Crippen LogP contribution >= 0.6 is 11.3 Å². The minimum absolute atomic E-state index is 0.0422. The molecule has 7 nitrogen and oxygen atoms in total. The first kappa shape index (κ1) is 18.5. The zero-order valence-corrected chi connectivity index (χ0v) is 17.3. The summed E-state index contributed by atoms with van der Waals surface area (Å²) in [6, 6.07) is 8.42. The zero-order chi connectivity index (χ0) is 19.8. The van der Waals surface area contributed by atoms with Crippen LogP contribution in [0.2, 0.25) is 0 Å². The van der Waals surface area contributed by atoms with E-state index in [1.807, 2.05) is 22.4 Å². The van der Waals surface area contributed by atoms with E-state index in [0.717, 1.165) is 37.2 Å². The van der Waals surface area contributed by atoms with Gasteiger partial charge in [-0.25, -0.2) is 8.42 Å². The summed E-state index contributed by atoms with van der Waals surface area (Å²) in [5.41, 5.74) is 0. The molecule has 0 unspecified atom stereocenters. The van der Waals surface area contributed by atoms with Crippen LogP contribution in [0.5, 0.6) is 11.5 Å². The Kier molecular flexibility index (Phi) is 4.71. The van der Waals surface area contributed by atoms with Gasteiger partial charge in [0.15, 0.2) is 11.5 Å². The van der Waals surface area contributed by atoms with E-state index in [1.54, 1.807) is 6.07 Å². The maximum Gasteiger partial charge on any atom is 0.240 e. The summed E-state index contributed by atoms with van der Waals surface area (Å²) in [6.07, 6.45) is 3.13. The Bertz CT molecular complexity index is 1120. The molecule has 0 saturated carbocycles. The van der Waals surface area contributed by atoms with E-state index in [1.165, 1.54) is 23.5 Å². The first-order valence-electron chi connectivity index (χ1n) is 9.57. The van der Waals surface area contributed by atoms with Gasteiger partial charge in [0, 0.05) is 19.2 Å². The van der Waals surface area contributed by atoms with E-state index >= 15 is 0 Å². The Morgan fingerprint density at radius 1 is 1.00 bits per heavy atom. The van der Waals surface area contributed by atoms with Crippen LogP contribution in [-0.4, -0.2) is 39.7 Å². The maximum atomic E-state index is 13.5. The van der Waals surface area contributed by atoms with Crippen molar-refractivity contribution in [2.24, 2.45) is 0 Å². The molecule has 2 aliphatic rings. The van der Waals surface area contributed by atoms with Gasteiger partial charge in [0.05, 0.1) is 9.77 Å². The summed E-state index contributed by atoms with van der Waals surface area (Å²) in [6.45, 7) is 2.35. The van der Waals surface area contributed by atoms with Crippen molar-refractivity contribution in [3.63, 3.8) is 0 Å². The number of anilines is 1. The Labute approximate surface area is 172 Å². The molecule has 9 heteroatoms. The van der Waals surface area contributed by atoms with E-state index < -0.39 is 9.84 Å². The van der Waals surface area contributed by atoms with Crippen LogP contribution in [0.3, 0.4) is 0 Å². The molecule has 152 valence electrons. The lowest BCUT2D eigenvalue weighted by atomic mass is 10.1. The lowest BCUT2D eigenvalue weighted by Gasteiger charge is -2.26. The number of piperidine rings is 1. The minimum Gasteiger partial charge on any atom is -0.486 e. The first-order chi connectivity index (χ1) is 14.1. The van der Waals surface area contributed by atoms with Gasteiger partial charge in [0.25, 0.3) is 0 Å². The lowest BCUT2D eigenvalue weighted by molar-refractivity contribution is 0.171. The molecule has 0 radical (unpaired) electrons. The number of oxazole rings is 1. The number of ether oxygens (including phenoxy) is 2. The molecule has 0 spiro atoms. The van der Waals surface area contributed by atoms with Crippen molar-refractivity contribution in [1.29, 1.82) is 0 Å². The molecule has 0 N–H and O–H groups in total. The predicted molar refractivity (Wildman–Crippen MR) is 109 cm³/mol. The van der Waals surface area contributed by atoms with Crippen LogP contribution in [0.15, 0.2) is 50.1 Å². The third-order valence-electron chi connectivity index (χ3n) is 5.03. The summed E-state index contributed by atoms with van der Waals surface area (Å²) in [4.78, 5) is 7.33. The molecule has 0 atom stereocenters. The average Bonchev–Trinajstić information content (AvgIpc) is 3.44. The number of thiophene rings is 1. The van der Waals surface area contributed by atoms with Crippen LogP contribution in [0.25, 0.3) is 10.8 Å². The van der Waals surface area contributed by atoms with Gasteiger partial charge in [0.1, 0.15) is 13.2 Å². The lowest BCUT2D eigenvalue weighted by Crippen LogP contribution is -2.30. The van der Waals surface area contributed by atoms with Gasteiger partial charge in [-0.15, -0.1) is 11.3 Å². The van der Waals surface area contributed by atoms with Crippen LogP contribution in [0.1, 0.15) is 19.3 Å². The highest BCUT2D eigenvalue weighted by atomic mass is 32.2. The number of sulfone groups is 1. The van der Waals surface area contributed by atoms with Crippen molar-refractivity contribution in [1.82, 2.24) is 4.98 Å². The van der Waals surface area contributed by atoms with Crippen LogP contribution in [0, 0.1) is 0 Å². The second kappa shape index (κ2) is 7.38. The number of aromatic nitrogens is 1. The molecule has 0 amide bonds. The van der Waals surface area contributed by atoms with Gasteiger partial charge in [-0.1, -0.05) is 6.07 Å². The molecule has 5 rings (SSSR count). The van der Waals surface area contributed by atoms with E-state index in [4.69, 9.17) is 13.9 Å². The molecule has 2 aliphatic heterocycles. The monoisotopic (exact) mass is 432 g/mol. The molecule has 0 aliphatic carbocycles. The smallest absolute Gasteiger partial charge is 0.240 e. The number of rotatable bonds is 4. The van der Waals surface area contributed by atoms with Gasteiger partial charge in [-0.2, -0.15) is 4.98 Å². The molecule has 2 aromatic heterocycles. The fraction of sp³-hybridized carbons (Fsp3) is 0.350. The number of hydrogen-bond donors (Lipinski definition) is 0. The second-order valence-electron chi connectivity index (χ2n) is 6.96. The SMILES string of the molecule is O=S(=O)(c1ccc2c(c1)OCCO2)c1nc(-c2cccs2)oc1N1CCCCC1. The third-order valence-corrected chi connectivity index (χ3v) is 7.54. The van der Waals surface area contributed by atoms with E-state index in [-0.39, 0.29) is 9.92 Å². The molecule has 1 saturated heterocycles. The molecule has 3 aromatic rings. The predicted octanol–water partition coefficient (Wildman–Crippen LogP) is 4.00. The van der Waals surface area contributed by atoms with Crippen molar-refractivity contribution >= 4 is 27.1 Å². The second-order valence-corrected chi connectivity index (χ2v) is 9.78. The maximum absolute atomic E-state index is 13.5. The van der Waals surface area contributed by atoms with E-state index in [0.29, 0.717) is 36.5 Å². The van der Waals surface area contributed by atoms with Crippen molar-refractivity contribution in [2.45, 2.75) is 29.2 Å². The third kappa shape index (κ3) is 3.38. The number of nitrogens with zero attached hydrogens (tertiary/aromatic N) is 2. The standard InChI is InChI=1S/C20H20N2O5S2/c23-29(24,14-6-7-15-16(13-14)26-11-10-25-15)19-20(22-8-2-1-3-9-22)27-18(21-19)17-5-4-12-28-17/h4-7,12-13H,1-3,8-11H2. The number of hydrogen-bond acceptors (Lipinski definition) is 8. The van der Waals surface area contributed by atoms with Crippen molar-refractivity contribution in [2.75, 3.05) is 31.2 Å². The van der Waals surface area contributed by atoms with Gasteiger partial charge in [-0.3, -0.25) is 0 Å². The van der Waals surface area contributed by atoms with Gasteiger partial charge in [0.2, 0.25) is 26.6 Å². The highest BCUT2D eigenvalue weighted by Gasteiger charge is 2.33. The molecule has 1 fully saturated rings. The molecular weight excluding hydrogens is 412 g/mol. The summed E-state index contributed by atoms with van der Waals surface area (Å²) in [5, 5.41) is 1.87. The van der Waals surface area contributed by atoms with Gasteiger partial charge < -0.3 is 18.8 Å². The Hall–Kier alpha value is -2.52. The minimum atomic E-state index is -3.90. The molecule has 0 bridgehead atoms. The molecule has 29 heavy (non-hydrogen) atoms. The largest absolute Gasteiger partial charge is 0.486 e. The first-order valence-corrected chi connectivity index (χ1v) is 11.9. The highest BCUT2D eigenvalue weighted by Crippen LogP contribution is 2.39. The highest BCUT2D eigenvalue weighted by molar-refractivity contribution is 7.91. The van der Waals surface area contributed by atoms with Crippen LogP contribution < -0.4 is 14.4 Å². The molecule has 4 heterocycles. The van der Waals surface area contributed by atoms with E-state index in [9.17, 15) is 8.42 Å². The zero-order valence-electron chi connectivity index (χ0n) is 15.7. The molecule has 1 aromatic carbocycles. The molecular formula is C20H20N2O5S2. The topological polar surface area (TPSA) is 81.9 Å². The normalized spacial score (nSPS) is 16.8. The number of benzene rings is 1. The Balaban J connectivity index is 1.61. The summed E-state index contributed by atoms with van der Waals surface area (Å²) in [7, 11) is -3.90.